The third-order valence-electron chi connectivity index (χ3n) is 2.88. The van der Waals surface area contributed by atoms with Crippen LogP contribution >= 0.6 is 0 Å². The van der Waals surface area contributed by atoms with Crippen molar-refractivity contribution in [1.82, 2.24) is 0 Å². The quantitative estimate of drug-likeness (QED) is 0.743. The summed E-state index contributed by atoms with van der Waals surface area (Å²) >= 11 is 0. The van der Waals surface area contributed by atoms with E-state index in [0.717, 1.165) is 30.3 Å². The highest BCUT2D eigenvalue weighted by molar-refractivity contribution is 5.64. The molecule has 1 aromatic rings. The molecule has 1 atom stereocenters. The first-order chi connectivity index (χ1) is 6.72. The fourth-order valence-corrected chi connectivity index (χ4v) is 1.80. The van der Waals surface area contributed by atoms with Crippen LogP contribution in [0.25, 0.3) is 0 Å². The molecule has 0 saturated heterocycles. The lowest BCUT2D eigenvalue weighted by molar-refractivity contribution is -0.109. The number of aldehydes is 1. The first kappa shape index (κ1) is 9.25. The number of carbonyl (C=O) groups is 1. The van der Waals surface area contributed by atoms with Gasteiger partial charge >= 0.3 is 0 Å². The molecular weight excluding hydrogens is 176 g/mol. The molecule has 0 bridgehead atoms. The van der Waals surface area contributed by atoms with Crippen LogP contribution in [-0.2, 0) is 4.79 Å². The minimum Gasteiger partial charge on any atom is -0.508 e. The molecular formula is C12H14O2. The van der Waals surface area contributed by atoms with Crippen LogP contribution in [0.5, 0.6) is 5.75 Å². The van der Waals surface area contributed by atoms with E-state index in [1.807, 2.05) is 19.1 Å². The number of hydrogen-bond acceptors (Lipinski definition) is 2. The van der Waals surface area contributed by atoms with E-state index in [1.54, 1.807) is 6.07 Å². The van der Waals surface area contributed by atoms with Gasteiger partial charge in [-0.15, -0.1) is 0 Å². The lowest BCUT2D eigenvalue weighted by atomic mass is 9.94. The summed E-state index contributed by atoms with van der Waals surface area (Å²) in [5.41, 5.74) is 1.88. The standard InChI is InChI=1S/C12H14O2/c1-8-6-10(4-5-12(8)14)11(7-13)9-2-3-9/h4-7,9,11,14H,2-3H2,1H3. The van der Waals surface area contributed by atoms with Gasteiger partial charge in [0, 0.05) is 5.92 Å². The highest BCUT2D eigenvalue weighted by Crippen LogP contribution is 2.41. The molecule has 1 aliphatic rings. The summed E-state index contributed by atoms with van der Waals surface area (Å²) in [4.78, 5) is 10.9. The lowest BCUT2D eigenvalue weighted by Crippen LogP contribution is -2.02. The van der Waals surface area contributed by atoms with Gasteiger partial charge in [0.25, 0.3) is 0 Å². The first-order valence-corrected chi connectivity index (χ1v) is 4.97. The predicted molar refractivity (Wildman–Crippen MR) is 54.4 cm³/mol. The van der Waals surface area contributed by atoms with Gasteiger partial charge in [0.15, 0.2) is 0 Å². The number of aryl methyl sites for hydroxylation is 1. The molecule has 0 amide bonds. The fourth-order valence-electron chi connectivity index (χ4n) is 1.80. The number of phenolic OH excluding ortho intramolecular Hbond substituents is 1. The second-order valence-electron chi connectivity index (χ2n) is 4.05. The van der Waals surface area contributed by atoms with E-state index in [1.165, 1.54) is 0 Å². The normalized spacial score (nSPS) is 17.8. The molecule has 0 aliphatic heterocycles. The highest BCUT2D eigenvalue weighted by Gasteiger charge is 2.32. The van der Waals surface area contributed by atoms with Crippen LogP contribution < -0.4 is 0 Å². The van der Waals surface area contributed by atoms with Gasteiger partial charge in [0.05, 0.1) is 0 Å². The maximum Gasteiger partial charge on any atom is 0.127 e. The zero-order valence-corrected chi connectivity index (χ0v) is 8.23. The van der Waals surface area contributed by atoms with Crippen molar-refractivity contribution in [3.8, 4) is 5.75 Å². The molecule has 1 aliphatic carbocycles. The molecule has 74 valence electrons. The summed E-state index contributed by atoms with van der Waals surface area (Å²) in [6, 6.07) is 5.43. The van der Waals surface area contributed by atoms with Gasteiger partial charge in [-0.25, -0.2) is 0 Å². The van der Waals surface area contributed by atoms with E-state index in [0.29, 0.717) is 11.7 Å². The van der Waals surface area contributed by atoms with Gasteiger partial charge in [-0.05, 0) is 42.9 Å². The Morgan fingerprint density at radius 3 is 2.71 bits per heavy atom. The lowest BCUT2D eigenvalue weighted by Gasteiger charge is -2.10. The SMILES string of the molecule is Cc1cc(C(C=O)C2CC2)ccc1O. The molecule has 0 heterocycles. The van der Waals surface area contributed by atoms with Crippen molar-refractivity contribution in [2.45, 2.75) is 25.7 Å². The van der Waals surface area contributed by atoms with Crippen LogP contribution in [0, 0.1) is 12.8 Å². The van der Waals surface area contributed by atoms with Gasteiger partial charge in [0.1, 0.15) is 12.0 Å². The number of aromatic hydroxyl groups is 1. The second kappa shape index (κ2) is 3.45. The zero-order valence-electron chi connectivity index (χ0n) is 8.23. The Labute approximate surface area is 83.6 Å². The van der Waals surface area contributed by atoms with Gasteiger partial charge in [-0.3, -0.25) is 0 Å². The van der Waals surface area contributed by atoms with Crippen molar-refractivity contribution in [2.75, 3.05) is 0 Å². The van der Waals surface area contributed by atoms with Crippen molar-refractivity contribution >= 4 is 6.29 Å². The number of rotatable bonds is 3. The van der Waals surface area contributed by atoms with E-state index < -0.39 is 0 Å². The van der Waals surface area contributed by atoms with Crippen molar-refractivity contribution < 1.29 is 9.90 Å². The van der Waals surface area contributed by atoms with Gasteiger partial charge in [-0.1, -0.05) is 12.1 Å². The van der Waals surface area contributed by atoms with Crippen molar-refractivity contribution in [3.05, 3.63) is 29.3 Å². The largest absolute Gasteiger partial charge is 0.508 e. The zero-order chi connectivity index (χ0) is 10.1. The van der Waals surface area contributed by atoms with Crippen LogP contribution in [0.2, 0.25) is 0 Å². The molecule has 2 heteroatoms. The fraction of sp³-hybridized carbons (Fsp3) is 0.417. The Morgan fingerprint density at radius 1 is 1.50 bits per heavy atom. The molecule has 0 aromatic heterocycles. The Hall–Kier alpha value is -1.31. The van der Waals surface area contributed by atoms with Crippen molar-refractivity contribution in [1.29, 1.82) is 0 Å². The van der Waals surface area contributed by atoms with Crippen LogP contribution in [0.4, 0.5) is 0 Å². The Morgan fingerprint density at radius 2 is 2.21 bits per heavy atom. The predicted octanol–water partition coefficient (Wildman–Crippen LogP) is 2.39. The first-order valence-electron chi connectivity index (χ1n) is 4.97. The Kier molecular flexibility index (Phi) is 2.28. The molecule has 2 rings (SSSR count). The molecule has 0 spiro atoms. The number of hydrogen-bond donors (Lipinski definition) is 1. The van der Waals surface area contributed by atoms with E-state index in [4.69, 9.17) is 0 Å². The third-order valence-corrected chi connectivity index (χ3v) is 2.88. The molecule has 1 unspecified atom stereocenters. The van der Waals surface area contributed by atoms with Crippen LogP contribution in [0.15, 0.2) is 18.2 Å². The van der Waals surface area contributed by atoms with Gasteiger partial charge < -0.3 is 9.90 Å². The third kappa shape index (κ3) is 1.65. The van der Waals surface area contributed by atoms with Crippen LogP contribution in [0.3, 0.4) is 0 Å². The summed E-state index contributed by atoms with van der Waals surface area (Å²) in [7, 11) is 0. The molecule has 1 saturated carbocycles. The molecule has 1 N–H and O–H groups in total. The molecule has 14 heavy (non-hydrogen) atoms. The van der Waals surface area contributed by atoms with Crippen LogP contribution in [-0.4, -0.2) is 11.4 Å². The van der Waals surface area contributed by atoms with E-state index >= 15 is 0 Å². The highest BCUT2D eigenvalue weighted by atomic mass is 16.3. The van der Waals surface area contributed by atoms with Crippen molar-refractivity contribution in [2.24, 2.45) is 5.92 Å². The Bertz CT molecular complexity index is 353. The minimum absolute atomic E-state index is 0.0364. The molecule has 1 fully saturated rings. The van der Waals surface area contributed by atoms with E-state index in [-0.39, 0.29) is 5.92 Å². The summed E-state index contributed by atoms with van der Waals surface area (Å²) in [5.74, 6) is 0.875. The summed E-state index contributed by atoms with van der Waals surface area (Å²) in [6.07, 6.45) is 3.34. The molecule has 2 nitrogen and oxygen atoms in total. The summed E-state index contributed by atoms with van der Waals surface area (Å²) < 4.78 is 0. The monoisotopic (exact) mass is 190 g/mol. The Balaban J connectivity index is 2.29. The van der Waals surface area contributed by atoms with E-state index in [2.05, 4.69) is 0 Å². The van der Waals surface area contributed by atoms with Crippen molar-refractivity contribution in [3.63, 3.8) is 0 Å². The second-order valence-corrected chi connectivity index (χ2v) is 4.05. The maximum absolute atomic E-state index is 10.9. The number of benzene rings is 1. The topological polar surface area (TPSA) is 37.3 Å². The molecule has 0 radical (unpaired) electrons. The smallest absolute Gasteiger partial charge is 0.127 e. The summed E-state index contributed by atoms with van der Waals surface area (Å²) in [5, 5.41) is 9.36. The minimum atomic E-state index is 0.0364. The van der Waals surface area contributed by atoms with E-state index in [9.17, 15) is 9.90 Å². The molecule has 1 aromatic carbocycles. The van der Waals surface area contributed by atoms with Gasteiger partial charge in [0.2, 0.25) is 0 Å². The summed E-state index contributed by atoms with van der Waals surface area (Å²) in [6.45, 7) is 1.85. The number of carbonyl (C=O) groups excluding carboxylic acids is 1. The average molecular weight is 190 g/mol. The number of phenols is 1. The van der Waals surface area contributed by atoms with Crippen LogP contribution in [0.1, 0.15) is 29.9 Å². The maximum atomic E-state index is 10.9. The van der Waals surface area contributed by atoms with Gasteiger partial charge in [-0.2, -0.15) is 0 Å². The average Bonchev–Trinajstić information content (AvgIpc) is 2.96.